The minimum atomic E-state index is -4.31. The largest absolute Gasteiger partial charge is 0.416 e. The van der Waals surface area contributed by atoms with Gasteiger partial charge in [-0.1, -0.05) is 52.3 Å². The van der Waals surface area contributed by atoms with Crippen molar-refractivity contribution in [1.29, 1.82) is 0 Å². The molecule has 1 fully saturated rings. The molecule has 0 bridgehead atoms. The van der Waals surface area contributed by atoms with Crippen LogP contribution in [0.4, 0.5) is 18.9 Å². The van der Waals surface area contributed by atoms with Crippen LogP contribution in [-0.4, -0.2) is 12.6 Å². The lowest BCUT2D eigenvalue weighted by molar-refractivity contribution is -0.137. The van der Waals surface area contributed by atoms with Crippen LogP contribution in [0.3, 0.4) is 0 Å². The molecular weight excluding hydrogens is 395 g/mol. The van der Waals surface area contributed by atoms with E-state index in [1.54, 1.807) is 12.1 Å². The summed E-state index contributed by atoms with van der Waals surface area (Å²) in [7, 11) is 0. The summed E-state index contributed by atoms with van der Waals surface area (Å²) in [5, 5.41) is 0. The first-order valence-electron chi connectivity index (χ1n) is 11.8. The lowest BCUT2D eigenvalue weighted by Gasteiger charge is -2.38. The fraction of sp³-hybridized carbons (Fsp3) is 0.556. The van der Waals surface area contributed by atoms with E-state index in [0.29, 0.717) is 17.9 Å². The lowest BCUT2D eigenvalue weighted by Crippen LogP contribution is -2.39. The Labute approximate surface area is 185 Å². The number of hydrogen-bond acceptors (Lipinski definition) is 1. The van der Waals surface area contributed by atoms with E-state index in [0.717, 1.165) is 30.5 Å². The third-order valence-corrected chi connectivity index (χ3v) is 6.46. The zero-order valence-electron chi connectivity index (χ0n) is 19.3. The van der Waals surface area contributed by atoms with Crippen LogP contribution in [0.25, 0.3) is 11.1 Å². The van der Waals surface area contributed by atoms with Gasteiger partial charge in [0.15, 0.2) is 0 Å². The second kappa shape index (κ2) is 10.1. The van der Waals surface area contributed by atoms with Crippen molar-refractivity contribution < 1.29 is 13.2 Å². The van der Waals surface area contributed by atoms with E-state index in [1.165, 1.54) is 49.1 Å². The molecule has 0 aromatic heterocycles. The number of anilines is 1. The molecule has 0 amide bonds. The van der Waals surface area contributed by atoms with Crippen LogP contribution >= 0.6 is 0 Å². The maximum absolute atomic E-state index is 13.0. The molecule has 1 saturated heterocycles. The number of halogens is 3. The number of rotatable bonds is 7. The van der Waals surface area contributed by atoms with Gasteiger partial charge in [-0.05, 0) is 84.9 Å². The van der Waals surface area contributed by atoms with Crippen LogP contribution in [0.2, 0.25) is 0 Å². The van der Waals surface area contributed by atoms with Gasteiger partial charge >= 0.3 is 6.18 Å². The average molecular weight is 432 g/mol. The molecule has 170 valence electrons. The van der Waals surface area contributed by atoms with Gasteiger partial charge in [0.05, 0.1) is 5.56 Å². The summed E-state index contributed by atoms with van der Waals surface area (Å²) in [6, 6.07) is 12.8. The predicted octanol–water partition coefficient (Wildman–Crippen LogP) is 8.68. The summed E-state index contributed by atoms with van der Waals surface area (Å²) in [6.07, 6.45) is 2.82. The van der Waals surface area contributed by atoms with Gasteiger partial charge < -0.3 is 4.90 Å². The summed E-state index contributed by atoms with van der Waals surface area (Å²) in [5.41, 5.74) is 3.76. The Kier molecular flexibility index (Phi) is 7.72. The second-order valence-electron chi connectivity index (χ2n) is 9.55. The molecule has 2 atom stereocenters. The Hall–Kier alpha value is -1.97. The SMILES string of the molecule is CCCC1CCCCN1c1cc(-c2ccc(C(F)(F)F)cc2)cc(C(C)CC(C)C)c1. The number of piperidine rings is 1. The van der Waals surface area contributed by atoms with Gasteiger partial charge in [0.2, 0.25) is 0 Å². The molecule has 1 heterocycles. The van der Waals surface area contributed by atoms with Crippen LogP contribution in [-0.2, 0) is 6.18 Å². The summed E-state index contributed by atoms with van der Waals surface area (Å²) in [6.45, 7) is 10.0. The Balaban J connectivity index is 2.02. The molecular formula is C27H36F3N. The maximum Gasteiger partial charge on any atom is 0.416 e. The smallest absolute Gasteiger partial charge is 0.369 e. The standard InChI is InChI=1S/C27H36F3N/c1-5-8-25-9-6-7-14-31(25)26-17-22(20(4)15-19(2)3)16-23(18-26)21-10-12-24(13-11-21)27(28,29)30/h10-13,16-20,25H,5-9,14-15H2,1-4H3. The van der Waals surface area contributed by atoms with Gasteiger partial charge in [-0.15, -0.1) is 0 Å². The minimum Gasteiger partial charge on any atom is -0.369 e. The Morgan fingerprint density at radius 1 is 0.968 bits per heavy atom. The van der Waals surface area contributed by atoms with Crippen LogP contribution in [0.15, 0.2) is 42.5 Å². The van der Waals surface area contributed by atoms with Crippen LogP contribution < -0.4 is 4.90 Å². The molecule has 2 aromatic rings. The molecule has 0 aliphatic carbocycles. The fourth-order valence-electron chi connectivity index (χ4n) is 4.92. The molecule has 1 nitrogen and oxygen atoms in total. The zero-order chi connectivity index (χ0) is 22.6. The summed E-state index contributed by atoms with van der Waals surface area (Å²) in [5.74, 6) is 0.999. The Bertz CT molecular complexity index is 837. The quantitative estimate of drug-likeness (QED) is 0.424. The van der Waals surface area contributed by atoms with Gasteiger partial charge in [0, 0.05) is 18.3 Å². The Morgan fingerprint density at radius 2 is 1.68 bits per heavy atom. The molecule has 0 saturated carbocycles. The minimum absolute atomic E-state index is 0.405. The third-order valence-electron chi connectivity index (χ3n) is 6.46. The molecule has 31 heavy (non-hydrogen) atoms. The van der Waals surface area contributed by atoms with E-state index < -0.39 is 11.7 Å². The van der Waals surface area contributed by atoms with Crippen molar-refractivity contribution in [3.8, 4) is 11.1 Å². The fourth-order valence-corrected chi connectivity index (χ4v) is 4.92. The molecule has 2 unspecified atom stereocenters. The van der Waals surface area contributed by atoms with Crippen molar-refractivity contribution >= 4 is 5.69 Å². The topological polar surface area (TPSA) is 3.24 Å². The normalized spacial score (nSPS) is 18.5. The van der Waals surface area contributed by atoms with Gasteiger partial charge in [-0.3, -0.25) is 0 Å². The van der Waals surface area contributed by atoms with Crippen molar-refractivity contribution in [3.63, 3.8) is 0 Å². The summed E-state index contributed by atoms with van der Waals surface area (Å²) >= 11 is 0. The highest BCUT2D eigenvalue weighted by Gasteiger charge is 2.30. The number of hydrogen-bond donors (Lipinski definition) is 0. The van der Waals surface area contributed by atoms with Crippen molar-refractivity contribution in [2.24, 2.45) is 5.92 Å². The number of nitrogens with zero attached hydrogens (tertiary/aromatic N) is 1. The molecule has 0 spiro atoms. The highest BCUT2D eigenvalue weighted by atomic mass is 19.4. The molecule has 0 N–H and O–H groups in total. The van der Waals surface area contributed by atoms with Crippen molar-refractivity contribution in [2.75, 3.05) is 11.4 Å². The summed E-state index contributed by atoms with van der Waals surface area (Å²) < 4.78 is 39.1. The zero-order valence-corrected chi connectivity index (χ0v) is 19.3. The van der Waals surface area contributed by atoms with Crippen LogP contribution in [0, 0.1) is 5.92 Å². The molecule has 0 radical (unpaired) electrons. The second-order valence-corrected chi connectivity index (χ2v) is 9.55. The predicted molar refractivity (Wildman–Crippen MR) is 125 cm³/mol. The van der Waals surface area contributed by atoms with Crippen molar-refractivity contribution in [3.05, 3.63) is 53.6 Å². The van der Waals surface area contributed by atoms with Crippen LogP contribution in [0.1, 0.15) is 83.3 Å². The Morgan fingerprint density at radius 3 is 2.29 bits per heavy atom. The highest BCUT2D eigenvalue weighted by molar-refractivity contribution is 5.71. The van der Waals surface area contributed by atoms with Crippen LogP contribution in [0.5, 0.6) is 0 Å². The van der Waals surface area contributed by atoms with E-state index in [1.807, 2.05) is 0 Å². The molecule has 3 rings (SSSR count). The van der Waals surface area contributed by atoms with E-state index in [9.17, 15) is 13.2 Å². The van der Waals surface area contributed by atoms with E-state index in [-0.39, 0.29) is 0 Å². The third kappa shape index (κ3) is 6.05. The van der Waals surface area contributed by atoms with E-state index >= 15 is 0 Å². The van der Waals surface area contributed by atoms with Crippen molar-refractivity contribution in [1.82, 2.24) is 0 Å². The van der Waals surface area contributed by atoms with Gasteiger partial charge in [-0.25, -0.2) is 0 Å². The number of alkyl halides is 3. The first-order valence-corrected chi connectivity index (χ1v) is 11.8. The van der Waals surface area contributed by atoms with Gasteiger partial charge in [-0.2, -0.15) is 13.2 Å². The summed E-state index contributed by atoms with van der Waals surface area (Å²) in [4.78, 5) is 2.55. The first kappa shape index (κ1) is 23.7. The maximum atomic E-state index is 13.0. The molecule has 2 aromatic carbocycles. The molecule has 1 aliphatic heterocycles. The molecule has 1 aliphatic rings. The van der Waals surface area contributed by atoms with E-state index in [2.05, 4.69) is 50.8 Å². The number of benzene rings is 2. The lowest BCUT2D eigenvalue weighted by atomic mass is 9.88. The monoisotopic (exact) mass is 431 g/mol. The molecule has 4 heteroatoms. The van der Waals surface area contributed by atoms with E-state index in [4.69, 9.17) is 0 Å². The average Bonchev–Trinajstić information content (AvgIpc) is 2.73. The first-order chi connectivity index (χ1) is 14.7. The highest BCUT2D eigenvalue weighted by Crippen LogP contribution is 2.37. The van der Waals surface area contributed by atoms with Gasteiger partial charge in [0.25, 0.3) is 0 Å². The van der Waals surface area contributed by atoms with Crippen molar-refractivity contribution in [2.45, 2.75) is 84.4 Å². The van der Waals surface area contributed by atoms with Gasteiger partial charge in [0.1, 0.15) is 0 Å².